The second-order valence-electron chi connectivity index (χ2n) is 18.5. The first-order valence-corrected chi connectivity index (χ1v) is 28.1. The van der Waals surface area contributed by atoms with Gasteiger partial charge in [-0.15, -0.1) is 0 Å². The van der Waals surface area contributed by atoms with Gasteiger partial charge in [-0.05, 0) is 89.9 Å². The SMILES string of the molecule is CC/C=C\C/C=C\C/C=C\C/C=C\C/C=C\CCCC(=O)OC[C@H](COC(=O)CCCCCCCCCCCCCCCCC)OC(=O)CCCCCCCCC/C=C\C/C=C\CCCCC. The summed E-state index contributed by atoms with van der Waals surface area (Å²) >= 11 is 0. The van der Waals surface area contributed by atoms with Crippen LogP contribution < -0.4 is 0 Å². The Morgan fingerprint density at radius 2 is 0.597 bits per heavy atom. The van der Waals surface area contributed by atoms with Crippen LogP contribution in [-0.4, -0.2) is 37.2 Å². The molecule has 0 unspecified atom stereocenters. The number of carbonyl (C=O) groups excluding carboxylic acids is 3. The molecule has 0 aliphatic heterocycles. The summed E-state index contributed by atoms with van der Waals surface area (Å²) in [6.45, 7) is 6.46. The maximum Gasteiger partial charge on any atom is 0.306 e. The predicted octanol–water partition coefficient (Wildman–Crippen LogP) is 18.8. The van der Waals surface area contributed by atoms with Crippen LogP contribution >= 0.6 is 0 Å². The summed E-state index contributed by atoms with van der Waals surface area (Å²) < 4.78 is 16.8. The van der Waals surface area contributed by atoms with Gasteiger partial charge in [0.1, 0.15) is 13.2 Å². The molecule has 0 spiro atoms. The van der Waals surface area contributed by atoms with Crippen LogP contribution in [0.25, 0.3) is 0 Å². The lowest BCUT2D eigenvalue weighted by Gasteiger charge is -2.18. The lowest BCUT2D eigenvalue weighted by atomic mass is 10.0. The highest BCUT2D eigenvalue weighted by Gasteiger charge is 2.19. The van der Waals surface area contributed by atoms with E-state index < -0.39 is 6.10 Å². The molecule has 0 N–H and O–H groups in total. The third-order valence-corrected chi connectivity index (χ3v) is 11.9. The van der Waals surface area contributed by atoms with Gasteiger partial charge in [-0.3, -0.25) is 14.4 Å². The number of rotatable bonds is 50. The van der Waals surface area contributed by atoms with Crippen LogP contribution in [0.5, 0.6) is 0 Å². The van der Waals surface area contributed by atoms with Crippen molar-refractivity contribution in [1.29, 1.82) is 0 Å². The van der Waals surface area contributed by atoms with E-state index in [1.165, 1.54) is 128 Å². The number of allylic oxidation sites excluding steroid dienone is 14. The van der Waals surface area contributed by atoms with Crippen LogP contribution in [0, 0.1) is 0 Å². The number of ether oxygens (including phenoxy) is 3. The largest absolute Gasteiger partial charge is 0.462 e. The molecular formula is C61H104O6. The lowest BCUT2D eigenvalue weighted by molar-refractivity contribution is -0.167. The third kappa shape index (κ3) is 53.4. The Morgan fingerprint density at radius 1 is 0.313 bits per heavy atom. The molecule has 0 bridgehead atoms. The molecule has 0 rings (SSSR count). The second-order valence-corrected chi connectivity index (χ2v) is 18.5. The minimum absolute atomic E-state index is 0.0957. The van der Waals surface area contributed by atoms with Gasteiger partial charge in [-0.25, -0.2) is 0 Å². The fourth-order valence-electron chi connectivity index (χ4n) is 7.68. The van der Waals surface area contributed by atoms with Crippen LogP contribution in [0.3, 0.4) is 0 Å². The highest BCUT2D eigenvalue weighted by Crippen LogP contribution is 2.15. The Morgan fingerprint density at radius 3 is 1.00 bits per heavy atom. The molecule has 0 aromatic carbocycles. The normalized spacial score (nSPS) is 12.7. The van der Waals surface area contributed by atoms with E-state index in [1.807, 2.05) is 0 Å². The van der Waals surface area contributed by atoms with Crippen LogP contribution in [0.4, 0.5) is 0 Å². The summed E-state index contributed by atoms with van der Waals surface area (Å²) in [5, 5.41) is 0. The molecule has 0 radical (unpaired) electrons. The van der Waals surface area contributed by atoms with Crippen molar-refractivity contribution in [1.82, 2.24) is 0 Å². The number of hydrogen-bond donors (Lipinski definition) is 0. The molecule has 6 nitrogen and oxygen atoms in total. The minimum Gasteiger partial charge on any atom is -0.462 e. The predicted molar refractivity (Wildman–Crippen MR) is 288 cm³/mol. The van der Waals surface area contributed by atoms with E-state index in [0.29, 0.717) is 19.3 Å². The van der Waals surface area contributed by atoms with Crippen molar-refractivity contribution in [3.8, 4) is 0 Å². The monoisotopic (exact) mass is 933 g/mol. The fraction of sp³-hybridized carbons (Fsp3) is 0.721. The summed E-state index contributed by atoms with van der Waals surface area (Å²) in [5.74, 6) is -0.958. The first kappa shape index (κ1) is 63.6. The average Bonchev–Trinajstić information content (AvgIpc) is 3.33. The topological polar surface area (TPSA) is 78.9 Å². The van der Waals surface area contributed by atoms with E-state index in [0.717, 1.165) is 89.9 Å². The Balaban J connectivity index is 4.48. The zero-order valence-electron chi connectivity index (χ0n) is 43.9. The summed E-state index contributed by atoms with van der Waals surface area (Å²) in [4.78, 5) is 38.1. The fourth-order valence-corrected chi connectivity index (χ4v) is 7.68. The van der Waals surface area contributed by atoms with Gasteiger partial charge in [-0.2, -0.15) is 0 Å². The molecule has 1 atom stereocenters. The zero-order valence-corrected chi connectivity index (χ0v) is 43.9. The summed E-state index contributed by atoms with van der Waals surface area (Å²) in [5.41, 5.74) is 0. The Kier molecular flexibility index (Phi) is 52.4. The molecule has 0 saturated heterocycles. The molecule has 0 saturated carbocycles. The van der Waals surface area contributed by atoms with E-state index in [9.17, 15) is 14.4 Å². The maximum atomic E-state index is 12.8. The molecule has 0 fully saturated rings. The third-order valence-electron chi connectivity index (χ3n) is 11.9. The molecule has 0 heterocycles. The number of hydrogen-bond acceptors (Lipinski definition) is 6. The van der Waals surface area contributed by atoms with Crippen molar-refractivity contribution in [2.24, 2.45) is 0 Å². The smallest absolute Gasteiger partial charge is 0.306 e. The highest BCUT2D eigenvalue weighted by atomic mass is 16.6. The molecule has 0 aliphatic carbocycles. The molecular weight excluding hydrogens is 829 g/mol. The van der Waals surface area contributed by atoms with Gasteiger partial charge in [-0.1, -0.05) is 241 Å². The van der Waals surface area contributed by atoms with Crippen molar-refractivity contribution in [2.75, 3.05) is 13.2 Å². The van der Waals surface area contributed by atoms with Gasteiger partial charge < -0.3 is 14.2 Å². The van der Waals surface area contributed by atoms with Crippen molar-refractivity contribution in [2.45, 2.75) is 271 Å². The van der Waals surface area contributed by atoms with Crippen LogP contribution in [0.1, 0.15) is 265 Å². The van der Waals surface area contributed by atoms with E-state index in [4.69, 9.17) is 14.2 Å². The van der Waals surface area contributed by atoms with E-state index in [-0.39, 0.29) is 37.5 Å². The number of carbonyl (C=O) groups is 3. The molecule has 384 valence electrons. The Labute approximate surface area is 414 Å². The van der Waals surface area contributed by atoms with Crippen molar-refractivity contribution in [3.63, 3.8) is 0 Å². The first-order valence-electron chi connectivity index (χ1n) is 28.1. The average molecular weight is 933 g/mol. The summed E-state index contributed by atoms with van der Waals surface area (Å²) in [6, 6.07) is 0. The van der Waals surface area contributed by atoms with Crippen molar-refractivity contribution >= 4 is 17.9 Å². The van der Waals surface area contributed by atoms with Gasteiger partial charge in [0.05, 0.1) is 0 Å². The number of esters is 3. The quantitative estimate of drug-likeness (QED) is 0.0262. The van der Waals surface area contributed by atoms with Gasteiger partial charge in [0.25, 0.3) is 0 Å². The Bertz CT molecular complexity index is 1300. The first-order chi connectivity index (χ1) is 33.0. The molecule has 6 heteroatoms. The van der Waals surface area contributed by atoms with Crippen molar-refractivity contribution in [3.05, 3.63) is 85.1 Å². The van der Waals surface area contributed by atoms with Gasteiger partial charge >= 0.3 is 17.9 Å². The van der Waals surface area contributed by atoms with Crippen LogP contribution in [-0.2, 0) is 28.6 Å². The van der Waals surface area contributed by atoms with Crippen molar-refractivity contribution < 1.29 is 28.6 Å². The Hall–Kier alpha value is -3.41. The van der Waals surface area contributed by atoms with Crippen LogP contribution in [0.15, 0.2) is 85.1 Å². The van der Waals surface area contributed by atoms with Crippen LogP contribution in [0.2, 0.25) is 0 Å². The standard InChI is InChI=1S/C61H104O6/c1-4-7-10-13-16-19-22-25-28-30-33-36-39-42-45-48-51-54-60(63)66-57-58(56-65-59(62)53-50-47-44-41-38-35-32-27-24-21-18-15-12-9-6-3)67-61(64)55-52-49-46-43-40-37-34-31-29-26-23-20-17-14-11-8-5-2/h7,10,16-17,19-20,25-26,28-29,33,36,42,45,58H,4-6,8-9,11-15,18,21-24,27,30-32,34-35,37-41,43-44,46-57H2,1-3H3/b10-7-,19-16-,20-17-,28-25-,29-26-,36-33-,45-42-/t58-/m0/s1. The summed E-state index contributed by atoms with van der Waals surface area (Å²) in [6.07, 6.45) is 71.4. The number of unbranched alkanes of at least 4 members (excludes halogenated alkanes) is 25. The molecule has 0 aliphatic rings. The molecule has 0 aromatic rings. The van der Waals surface area contributed by atoms with Gasteiger partial charge in [0, 0.05) is 19.3 Å². The van der Waals surface area contributed by atoms with E-state index >= 15 is 0 Å². The minimum atomic E-state index is -0.803. The second kappa shape index (κ2) is 55.2. The molecule has 0 aromatic heterocycles. The molecule has 67 heavy (non-hydrogen) atoms. The highest BCUT2D eigenvalue weighted by molar-refractivity contribution is 5.71. The van der Waals surface area contributed by atoms with Gasteiger partial charge in [0.2, 0.25) is 0 Å². The van der Waals surface area contributed by atoms with Gasteiger partial charge in [0.15, 0.2) is 6.10 Å². The lowest BCUT2D eigenvalue weighted by Crippen LogP contribution is -2.30. The van der Waals surface area contributed by atoms with E-state index in [2.05, 4.69) is 106 Å². The molecule has 0 amide bonds. The van der Waals surface area contributed by atoms with E-state index in [1.54, 1.807) is 0 Å². The zero-order chi connectivity index (χ0) is 48.6. The maximum absolute atomic E-state index is 12.8. The summed E-state index contributed by atoms with van der Waals surface area (Å²) in [7, 11) is 0.